The Morgan fingerprint density at radius 2 is 1.19 bits per heavy atom. The van der Waals surface area contributed by atoms with Crippen LogP contribution in [0.2, 0.25) is 0 Å². The van der Waals surface area contributed by atoms with E-state index in [1.54, 1.807) is 0 Å². The summed E-state index contributed by atoms with van der Waals surface area (Å²) in [7, 11) is 0. The third-order valence-electron chi connectivity index (χ3n) is 3.65. The van der Waals surface area contributed by atoms with Crippen LogP contribution >= 0.6 is 0 Å². The first-order valence-electron chi connectivity index (χ1n) is 9.97. The van der Waals surface area contributed by atoms with Crippen molar-refractivity contribution in [1.82, 2.24) is 10.6 Å². The van der Waals surface area contributed by atoms with Crippen molar-refractivity contribution < 1.29 is 23.8 Å². The van der Waals surface area contributed by atoms with Gasteiger partial charge in [-0.05, 0) is 25.7 Å². The van der Waals surface area contributed by atoms with E-state index in [2.05, 4.69) is 17.6 Å². The quantitative estimate of drug-likeness (QED) is 0.338. The summed E-state index contributed by atoms with van der Waals surface area (Å²) < 4.78 is 16.3. The number of nitrogens with one attached hydrogen (secondary N) is 2. The molecule has 0 aliphatic carbocycles. The number of hydrogen-bond acceptors (Lipinski definition) is 5. The van der Waals surface area contributed by atoms with E-state index in [-0.39, 0.29) is 11.8 Å². The van der Waals surface area contributed by atoms with E-state index in [9.17, 15) is 9.59 Å². The molecule has 0 atom stereocenters. The minimum absolute atomic E-state index is 0.0728. The molecule has 2 amide bonds. The van der Waals surface area contributed by atoms with E-state index in [4.69, 9.17) is 14.2 Å². The van der Waals surface area contributed by atoms with Crippen LogP contribution in [0.1, 0.15) is 58.8 Å². The maximum atomic E-state index is 11.5. The highest BCUT2D eigenvalue weighted by Gasteiger charge is 2.00. The Bertz CT molecular complexity index is 340. The molecule has 0 heterocycles. The Labute approximate surface area is 158 Å². The number of hydrogen-bond donors (Lipinski definition) is 2. The van der Waals surface area contributed by atoms with Crippen molar-refractivity contribution in [1.29, 1.82) is 0 Å². The highest BCUT2D eigenvalue weighted by atomic mass is 16.5. The molecule has 2 N–H and O–H groups in total. The molecule has 0 aliphatic heterocycles. The summed E-state index contributed by atoms with van der Waals surface area (Å²) in [5.74, 6) is 0.207. The summed E-state index contributed by atoms with van der Waals surface area (Å²) in [6.45, 7) is 8.86. The number of ether oxygens (including phenoxy) is 3. The Morgan fingerprint density at radius 1 is 0.654 bits per heavy atom. The molecule has 0 saturated carbocycles. The molecule has 7 nitrogen and oxygen atoms in total. The molecule has 0 unspecified atom stereocenters. The fourth-order valence-corrected chi connectivity index (χ4v) is 2.05. The fraction of sp³-hybridized carbons (Fsp3) is 0.895. The molecule has 0 aromatic rings. The molecule has 0 spiro atoms. The Kier molecular flexibility index (Phi) is 19.2. The van der Waals surface area contributed by atoms with E-state index < -0.39 is 0 Å². The Balaban J connectivity index is 3.11. The predicted octanol–water partition coefficient (Wildman–Crippen LogP) is 2.04. The van der Waals surface area contributed by atoms with Crippen LogP contribution in [-0.2, 0) is 23.8 Å². The zero-order chi connectivity index (χ0) is 19.3. The number of unbranched alkanes of at least 4 members (excludes halogenated alkanes) is 2. The van der Waals surface area contributed by atoms with Gasteiger partial charge in [0.1, 0.15) is 0 Å². The zero-order valence-electron chi connectivity index (χ0n) is 16.6. The van der Waals surface area contributed by atoms with E-state index in [1.165, 1.54) is 0 Å². The van der Waals surface area contributed by atoms with E-state index in [0.29, 0.717) is 59.0 Å². The van der Waals surface area contributed by atoms with Gasteiger partial charge in [0.2, 0.25) is 11.8 Å². The second kappa shape index (κ2) is 20.1. The molecular formula is C19H38N2O5. The summed E-state index contributed by atoms with van der Waals surface area (Å²) in [6, 6.07) is 0. The van der Waals surface area contributed by atoms with Crippen molar-refractivity contribution in [2.75, 3.05) is 52.7 Å². The fourth-order valence-electron chi connectivity index (χ4n) is 2.05. The normalized spacial score (nSPS) is 10.7. The highest BCUT2D eigenvalue weighted by molar-refractivity contribution is 5.75. The van der Waals surface area contributed by atoms with Crippen LogP contribution in [0.5, 0.6) is 0 Å². The van der Waals surface area contributed by atoms with Gasteiger partial charge in [-0.25, -0.2) is 0 Å². The van der Waals surface area contributed by atoms with E-state index >= 15 is 0 Å². The van der Waals surface area contributed by atoms with Crippen molar-refractivity contribution in [2.24, 2.45) is 0 Å². The molecule has 154 valence electrons. The van der Waals surface area contributed by atoms with Crippen LogP contribution in [-0.4, -0.2) is 64.5 Å². The molecule has 0 aromatic carbocycles. The second-order valence-corrected chi connectivity index (χ2v) is 6.05. The van der Waals surface area contributed by atoms with E-state index in [1.807, 2.05) is 6.92 Å². The monoisotopic (exact) mass is 374 g/mol. The Hall–Kier alpha value is -1.18. The largest absolute Gasteiger partial charge is 0.379 e. The van der Waals surface area contributed by atoms with Gasteiger partial charge in [-0.3, -0.25) is 9.59 Å². The minimum atomic E-state index is 0.0728. The standard InChI is InChI=1S/C19H38N2O5/c1-3-5-10-21-19(23)9-6-7-12-24-14-16-26-17-15-25-13-8-11-20-18(22)4-2/h3-17H2,1-2H3,(H,20,22)(H,21,23). The molecule has 0 fully saturated rings. The molecule has 0 aliphatic rings. The van der Waals surface area contributed by atoms with Gasteiger partial charge in [-0.15, -0.1) is 0 Å². The highest BCUT2D eigenvalue weighted by Crippen LogP contribution is 1.96. The number of rotatable bonds is 19. The number of carbonyl (C=O) groups is 2. The second-order valence-electron chi connectivity index (χ2n) is 6.05. The smallest absolute Gasteiger partial charge is 0.219 e. The predicted molar refractivity (Wildman–Crippen MR) is 102 cm³/mol. The third-order valence-corrected chi connectivity index (χ3v) is 3.65. The van der Waals surface area contributed by atoms with Crippen molar-refractivity contribution in [2.45, 2.75) is 58.8 Å². The topological polar surface area (TPSA) is 85.9 Å². The van der Waals surface area contributed by atoms with Crippen LogP contribution in [0.25, 0.3) is 0 Å². The van der Waals surface area contributed by atoms with Gasteiger partial charge < -0.3 is 24.8 Å². The van der Waals surface area contributed by atoms with Crippen molar-refractivity contribution in [3.05, 3.63) is 0 Å². The summed E-state index contributed by atoms with van der Waals surface area (Å²) in [5, 5.41) is 5.71. The summed E-state index contributed by atoms with van der Waals surface area (Å²) in [5.41, 5.74) is 0. The van der Waals surface area contributed by atoms with Crippen LogP contribution in [0.3, 0.4) is 0 Å². The van der Waals surface area contributed by atoms with Gasteiger partial charge in [-0.2, -0.15) is 0 Å². The van der Waals surface area contributed by atoms with Gasteiger partial charge in [-0.1, -0.05) is 20.3 Å². The molecular weight excluding hydrogens is 336 g/mol. The van der Waals surface area contributed by atoms with Crippen molar-refractivity contribution >= 4 is 11.8 Å². The lowest BCUT2D eigenvalue weighted by Crippen LogP contribution is -2.24. The lowest BCUT2D eigenvalue weighted by molar-refractivity contribution is -0.121. The van der Waals surface area contributed by atoms with Crippen LogP contribution in [0.15, 0.2) is 0 Å². The first-order chi connectivity index (χ1) is 12.7. The van der Waals surface area contributed by atoms with Gasteiger partial charge in [0.05, 0.1) is 26.4 Å². The maximum Gasteiger partial charge on any atom is 0.219 e. The molecule has 0 radical (unpaired) electrons. The molecule has 0 rings (SSSR count). The Morgan fingerprint density at radius 3 is 1.81 bits per heavy atom. The number of amides is 2. The summed E-state index contributed by atoms with van der Waals surface area (Å²) >= 11 is 0. The van der Waals surface area contributed by atoms with Crippen molar-refractivity contribution in [3.8, 4) is 0 Å². The molecule has 26 heavy (non-hydrogen) atoms. The average Bonchev–Trinajstić information content (AvgIpc) is 2.64. The van der Waals surface area contributed by atoms with Crippen molar-refractivity contribution in [3.63, 3.8) is 0 Å². The van der Waals surface area contributed by atoms with Gasteiger partial charge in [0.15, 0.2) is 0 Å². The van der Waals surface area contributed by atoms with E-state index in [0.717, 1.165) is 38.6 Å². The average molecular weight is 375 g/mol. The van der Waals surface area contributed by atoms with Crippen LogP contribution in [0, 0.1) is 0 Å². The third kappa shape index (κ3) is 19.1. The summed E-state index contributed by atoms with van der Waals surface area (Å²) in [6.07, 6.45) is 5.78. The molecule has 0 bridgehead atoms. The van der Waals surface area contributed by atoms with Gasteiger partial charge in [0.25, 0.3) is 0 Å². The zero-order valence-corrected chi connectivity index (χ0v) is 16.6. The van der Waals surface area contributed by atoms with Crippen LogP contribution in [0.4, 0.5) is 0 Å². The van der Waals surface area contributed by atoms with Gasteiger partial charge in [0, 0.05) is 39.1 Å². The first kappa shape index (κ1) is 24.8. The summed E-state index contributed by atoms with van der Waals surface area (Å²) in [4.78, 5) is 22.5. The molecule has 0 aromatic heterocycles. The van der Waals surface area contributed by atoms with Crippen LogP contribution < -0.4 is 10.6 Å². The number of carbonyl (C=O) groups excluding carboxylic acids is 2. The maximum absolute atomic E-state index is 11.5. The minimum Gasteiger partial charge on any atom is -0.379 e. The van der Waals surface area contributed by atoms with Gasteiger partial charge >= 0.3 is 0 Å². The SMILES string of the molecule is CCCCNC(=O)CCCCOCCOCCOCCCNC(=O)CC. The molecule has 0 saturated heterocycles. The molecule has 7 heteroatoms. The first-order valence-corrected chi connectivity index (χ1v) is 9.97. The lowest BCUT2D eigenvalue weighted by atomic mass is 10.2. The lowest BCUT2D eigenvalue weighted by Gasteiger charge is -2.07.